The summed E-state index contributed by atoms with van der Waals surface area (Å²) in [6, 6.07) is -0.512. The number of hydrogen-bond donors (Lipinski definition) is 3. The quantitative estimate of drug-likeness (QED) is 0.664. The molecule has 3 N–H and O–H groups in total. The molecule has 17 heavy (non-hydrogen) atoms. The molecule has 0 aromatic rings. The largest absolute Gasteiger partial charge is 0.480 e. The number of hydrogen-bond acceptors (Lipinski definition) is 3. The Labute approximate surface area is 102 Å². The molecule has 2 unspecified atom stereocenters. The summed E-state index contributed by atoms with van der Waals surface area (Å²) in [6.07, 6.45) is 3.39. The molecule has 0 bridgehead atoms. The van der Waals surface area contributed by atoms with Gasteiger partial charge in [0.1, 0.15) is 6.04 Å². The Balaban J connectivity index is 2.46. The number of nitrogens with one attached hydrogen (secondary N) is 2. The zero-order valence-electron chi connectivity index (χ0n) is 10.7. The fourth-order valence-corrected chi connectivity index (χ4v) is 2.41. The van der Waals surface area contributed by atoms with Crippen molar-refractivity contribution in [3.8, 4) is 0 Å². The van der Waals surface area contributed by atoms with E-state index >= 15 is 0 Å². The van der Waals surface area contributed by atoms with Gasteiger partial charge in [-0.25, -0.2) is 4.79 Å². The van der Waals surface area contributed by atoms with E-state index in [2.05, 4.69) is 24.5 Å². The molecular formula is C12H22N2O3. The third kappa shape index (κ3) is 4.00. The Morgan fingerprint density at radius 1 is 1.47 bits per heavy atom. The maximum absolute atomic E-state index is 10.9. The third-order valence-electron chi connectivity index (χ3n) is 3.50. The summed E-state index contributed by atoms with van der Waals surface area (Å²) in [5.74, 6) is -1.31. The summed E-state index contributed by atoms with van der Waals surface area (Å²) in [5, 5.41) is 14.7. The van der Waals surface area contributed by atoms with E-state index in [9.17, 15) is 9.59 Å². The number of amides is 1. The lowest BCUT2D eigenvalue weighted by molar-refractivity contribution is -0.141. The molecular weight excluding hydrogens is 220 g/mol. The zero-order valence-corrected chi connectivity index (χ0v) is 10.7. The lowest BCUT2D eigenvalue weighted by Gasteiger charge is -2.29. The van der Waals surface area contributed by atoms with Crippen LogP contribution in [0.25, 0.3) is 0 Å². The SMILES string of the molecule is CC(=O)NC(CNC1CCCC1(C)C)C(=O)O. The highest BCUT2D eigenvalue weighted by Crippen LogP contribution is 2.36. The van der Waals surface area contributed by atoms with E-state index < -0.39 is 12.0 Å². The van der Waals surface area contributed by atoms with E-state index in [4.69, 9.17) is 5.11 Å². The molecule has 0 saturated heterocycles. The van der Waals surface area contributed by atoms with Crippen molar-refractivity contribution in [2.45, 2.75) is 52.1 Å². The van der Waals surface area contributed by atoms with Gasteiger partial charge >= 0.3 is 5.97 Å². The van der Waals surface area contributed by atoms with Crippen molar-refractivity contribution in [1.29, 1.82) is 0 Å². The molecule has 1 fully saturated rings. The van der Waals surface area contributed by atoms with Crippen LogP contribution in [-0.2, 0) is 9.59 Å². The highest BCUT2D eigenvalue weighted by molar-refractivity contribution is 5.82. The third-order valence-corrected chi connectivity index (χ3v) is 3.50. The van der Waals surface area contributed by atoms with E-state index in [1.54, 1.807) is 0 Å². The highest BCUT2D eigenvalue weighted by atomic mass is 16.4. The Morgan fingerprint density at radius 2 is 2.12 bits per heavy atom. The summed E-state index contributed by atoms with van der Waals surface area (Å²) >= 11 is 0. The average Bonchev–Trinajstić information content (AvgIpc) is 2.51. The predicted octanol–water partition coefficient (Wildman–Crippen LogP) is 0.744. The van der Waals surface area contributed by atoms with Crippen LogP contribution in [0.2, 0.25) is 0 Å². The normalized spacial score (nSPS) is 24.3. The van der Waals surface area contributed by atoms with E-state index in [0.29, 0.717) is 6.04 Å². The molecule has 0 radical (unpaired) electrons. The van der Waals surface area contributed by atoms with Crippen molar-refractivity contribution in [1.82, 2.24) is 10.6 Å². The van der Waals surface area contributed by atoms with Gasteiger partial charge in [-0.15, -0.1) is 0 Å². The zero-order chi connectivity index (χ0) is 13.1. The van der Waals surface area contributed by atoms with Gasteiger partial charge in [-0.05, 0) is 18.3 Å². The van der Waals surface area contributed by atoms with Gasteiger partial charge in [-0.2, -0.15) is 0 Å². The van der Waals surface area contributed by atoms with Crippen molar-refractivity contribution in [3.05, 3.63) is 0 Å². The molecule has 0 aromatic heterocycles. The van der Waals surface area contributed by atoms with Crippen LogP contribution in [0, 0.1) is 5.41 Å². The molecule has 0 spiro atoms. The molecule has 1 aliphatic carbocycles. The van der Waals surface area contributed by atoms with Crippen LogP contribution in [0.4, 0.5) is 0 Å². The Hall–Kier alpha value is -1.10. The maximum atomic E-state index is 10.9. The molecule has 1 amide bonds. The van der Waals surface area contributed by atoms with Gasteiger partial charge in [-0.1, -0.05) is 20.3 Å². The molecule has 0 heterocycles. The van der Waals surface area contributed by atoms with Crippen LogP contribution >= 0.6 is 0 Å². The number of carboxylic acids is 1. The molecule has 2 atom stereocenters. The van der Waals surface area contributed by atoms with Gasteiger partial charge in [-0.3, -0.25) is 4.79 Å². The van der Waals surface area contributed by atoms with Crippen molar-refractivity contribution < 1.29 is 14.7 Å². The lowest BCUT2D eigenvalue weighted by Crippen LogP contribution is -2.50. The highest BCUT2D eigenvalue weighted by Gasteiger charge is 2.34. The first-order valence-electron chi connectivity index (χ1n) is 6.06. The van der Waals surface area contributed by atoms with E-state index in [0.717, 1.165) is 12.8 Å². The predicted molar refractivity (Wildman–Crippen MR) is 64.7 cm³/mol. The maximum Gasteiger partial charge on any atom is 0.327 e. The van der Waals surface area contributed by atoms with E-state index in [-0.39, 0.29) is 17.9 Å². The van der Waals surface area contributed by atoms with Crippen molar-refractivity contribution in [2.24, 2.45) is 5.41 Å². The van der Waals surface area contributed by atoms with Gasteiger partial charge in [0.2, 0.25) is 5.91 Å². The Bertz CT molecular complexity index is 302. The molecule has 1 aliphatic rings. The first kappa shape index (κ1) is 14.0. The number of aliphatic carboxylic acids is 1. The second-order valence-corrected chi connectivity index (χ2v) is 5.43. The van der Waals surface area contributed by atoms with Gasteiger partial charge in [0.15, 0.2) is 0 Å². The van der Waals surface area contributed by atoms with Crippen molar-refractivity contribution in [3.63, 3.8) is 0 Å². The van der Waals surface area contributed by atoms with Gasteiger partial charge < -0.3 is 15.7 Å². The number of carbonyl (C=O) groups excluding carboxylic acids is 1. The summed E-state index contributed by atoms with van der Waals surface area (Å²) < 4.78 is 0. The lowest BCUT2D eigenvalue weighted by atomic mass is 9.87. The summed E-state index contributed by atoms with van der Waals surface area (Å²) in [5.41, 5.74) is 0.208. The average molecular weight is 242 g/mol. The fraction of sp³-hybridized carbons (Fsp3) is 0.833. The fourth-order valence-electron chi connectivity index (χ4n) is 2.41. The summed E-state index contributed by atoms with van der Waals surface area (Å²) in [6.45, 7) is 5.98. The number of carbonyl (C=O) groups is 2. The number of rotatable bonds is 5. The topological polar surface area (TPSA) is 78.4 Å². The van der Waals surface area contributed by atoms with Crippen LogP contribution in [0.5, 0.6) is 0 Å². The van der Waals surface area contributed by atoms with Gasteiger partial charge in [0, 0.05) is 19.5 Å². The molecule has 0 aromatic carbocycles. The van der Waals surface area contributed by atoms with Crippen molar-refractivity contribution >= 4 is 11.9 Å². The van der Waals surface area contributed by atoms with Crippen LogP contribution in [-0.4, -0.2) is 35.6 Å². The summed E-state index contributed by atoms with van der Waals surface area (Å²) in [4.78, 5) is 21.8. The number of carboxylic acid groups (broad SMARTS) is 1. The second kappa shape index (κ2) is 5.49. The Kier molecular flexibility index (Phi) is 4.51. The minimum Gasteiger partial charge on any atom is -0.480 e. The first-order valence-corrected chi connectivity index (χ1v) is 6.06. The summed E-state index contributed by atoms with van der Waals surface area (Å²) in [7, 11) is 0. The van der Waals surface area contributed by atoms with Crippen LogP contribution in [0.1, 0.15) is 40.0 Å². The minimum atomic E-state index is -0.997. The molecule has 1 rings (SSSR count). The monoisotopic (exact) mass is 242 g/mol. The van der Waals surface area contributed by atoms with Crippen LogP contribution < -0.4 is 10.6 Å². The van der Waals surface area contributed by atoms with E-state index in [1.165, 1.54) is 13.3 Å². The molecule has 5 heteroatoms. The van der Waals surface area contributed by atoms with Crippen molar-refractivity contribution in [2.75, 3.05) is 6.54 Å². The first-order chi connectivity index (χ1) is 7.83. The minimum absolute atomic E-state index is 0.208. The Morgan fingerprint density at radius 3 is 2.53 bits per heavy atom. The van der Waals surface area contributed by atoms with E-state index in [1.807, 2.05) is 0 Å². The molecule has 98 valence electrons. The van der Waals surface area contributed by atoms with Crippen LogP contribution in [0.3, 0.4) is 0 Å². The molecule has 5 nitrogen and oxygen atoms in total. The van der Waals surface area contributed by atoms with Gasteiger partial charge in [0.25, 0.3) is 0 Å². The standard InChI is InChI=1S/C12H22N2O3/c1-8(15)14-9(11(16)17)7-13-10-5-4-6-12(10,2)3/h9-10,13H,4-7H2,1-3H3,(H,14,15)(H,16,17). The van der Waals surface area contributed by atoms with Gasteiger partial charge in [0.05, 0.1) is 0 Å². The second-order valence-electron chi connectivity index (χ2n) is 5.43. The smallest absolute Gasteiger partial charge is 0.327 e. The molecule has 0 aliphatic heterocycles. The van der Waals surface area contributed by atoms with Crippen LogP contribution in [0.15, 0.2) is 0 Å². The molecule has 1 saturated carbocycles.